The van der Waals surface area contributed by atoms with E-state index in [1.807, 2.05) is 105 Å². The molecule has 6 N–H and O–H groups in total. The van der Waals surface area contributed by atoms with Crippen LogP contribution in [0.25, 0.3) is 0 Å². The van der Waals surface area contributed by atoms with Gasteiger partial charge < -0.3 is 36.4 Å². The number of nitrogens with one attached hydrogen (secondary N) is 5. The SMILES string of the molecule is CC(C)[C@H](NC(=O)OCc1ccccc1)C(=O)N[C@@H](Cc1ccccc1)[C@@H](O)[C@@H](NC1CCCCC1)C(=O)N[C@H](C(=O)NCc1ccccc1)C(C)C. The van der Waals surface area contributed by atoms with E-state index in [2.05, 4.69) is 26.6 Å². The number of carbonyl (C=O) groups excluding carboxylic acids is 4. The molecule has 3 aromatic carbocycles. The predicted octanol–water partition coefficient (Wildman–Crippen LogP) is 4.77. The average molecular weight is 728 g/mol. The Morgan fingerprint density at radius 1 is 0.642 bits per heavy atom. The van der Waals surface area contributed by atoms with Gasteiger partial charge >= 0.3 is 6.09 Å². The molecule has 1 aliphatic rings. The number of amides is 4. The molecule has 0 spiro atoms. The van der Waals surface area contributed by atoms with Gasteiger partial charge in [0.25, 0.3) is 0 Å². The van der Waals surface area contributed by atoms with Gasteiger partial charge in [0.1, 0.15) is 24.7 Å². The molecule has 0 aliphatic heterocycles. The summed E-state index contributed by atoms with van der Waals surface area (Å²) in [5.41, 5.74) is 2.58. The van der Waals surface area contributed by atoms with Crippen molar-refractivity contribution < 1.29 is 29.0 Å². The monoisotopic (exact) mass is 727 g/mol. The van der Waals surface area contributed by atoms with E-state index in [0.29, 0.717) is 6.54 Å². The Labute approximate surface area is 314 Å². The summed E-state index contributed by atoms with van der Waals surface area (Å²) in [6.07, 6.45) is 2.81. The van der Waals surface area contributed by atoms with Crippen molar-refractivity contribution in [3.05, 3.63) is 108 Å². The molecule has 0 aromatic heterocycles. The Hall–Kier alpha value is -4.74. The van der Waals surface area contributed by atoms with Crippen molar-refractivity contribution in [3.8, 4) is 0 Å². The van der Waals surface area contributed by atoms with Crippen molar-refractivity contribution in [1.29, 1.82) is 0 Å². The fourth-order valence-electron chi connectivity index (χ4n) is 6.58. The fraction of sp³-hybridized carbons (Fsp3) is 0.476. The highest BCUT2D eigenvalue weighted by Gasteiger charge is 2.39. The van der Waals surface area contributed by atoms with E-state index in [1.165, 1.54) is 0 Å². The molecule has 0 radical (unpaired) electrons. The summed E-state index contributed by atoms with van der Waals surface area (Å²) in [6, 6.07) is 24.2. The van der Waals surface area contributed by atoms with Gasteiger partial charge in [-0.15, -0.1) is 0 Å². The van der Waals surface area contributed by atoms with Crippen LogP contribution >= 0.6 is 0 Å². The van der Waals surface area contributed by atoms with E-state index >= 15 is 0 Å². The van der Waals surface area contributed by atoms with Crippen LogP contribution in [0.3, 0.4) is 0 Å². The van der Waals surface area contributed by atoms with E-state index in [0.717, 1.165) is 48.8 Å². The van der Waals surface area contributed by atoms with Crippen LogP contribution in [0.4, 0.5) is 4.79 Å². The Kier molecular flexibility index (Phi) is 16.3. The molecule has 53 heavy (non-hydrogen) atoms. The third-order valence-electron chi connectivity index (χ3n) is 9.67. The zero-order chi connectivity index (χ0) is 38.2. The van der Waals surface area contributed by atoms with Gasteiger partial charge in [0.15, 0.2) is 0 Å². The molecular weight excluding hydrogens is 670 g/mol. The van der Waals surface area contributed by atoms with Crippen LogP contribution in [-0.4, -0.2) is 65.2 Å². The Bertz CT molecular complexity index is 1570. The smallest absolute Gasteiger partial charge is 0.408 e. The van der Waals surface area contributed by atoms with Gasteiger partial charge in [-0.25, -0.2) is 4.79 Å². The largest absolute Gasteiger partial charge is 0.445 e. The molecule has 1 aliphatic carbocycles. The summed E-state index contributed by atoms with van der Waals surface area (Å²) < 4.78 is 5.40. The van der Waals surface area contributed by atoms with Crippen molar-refractivity contribution in [2.75, 3.05) is 0 Å². The highest BCUT2D eigenvalue weighted by Crippen LogP contribution is 2.20. The maximum atomic E-state index is 14.3. The van der Waals surface area contributed by atoms with E-state index in [4.69, 9.17) is 4.74 Å². The lowest BCUT2D eigenvalue weighted by atomic mass is 9.90. The minimum atomic E-state index is -1.40. The first-order valence-corrected chi connectivity index (χ1v) is 18.9. The van der Waals surface area contributed by atoms with Crippen molar-refractivity contribution in [3.63, 3.8) is 0 Å². The van der Waals surface area contributed by atoms with Gasteiger partial charge in [0.05, 0.1) is 12.1 Å². The number of benzene rings is 3. The Morgan fingerprint density at radius 3 is 1.72 bits per heavy atom. The standard InChI is InChI=1S/C42H57N5O6/c1-28(2)35(39(49)43-26-31-19-11-6-12-20-31)46-41(51)37(44-33-23-15-8-16-24-33)38(48)34(25-30-17-9-5-10-18-30)45-40(50)36(29(3)4)47-42(52)53-27-32-21-13-7-14-22-32/h5-7,9-14,17-22,28-29,33-38,44,48H,8,15-16,23-27H2,1-4H3,(H,43,49)(H,45,50)(H,46,51)(H,47,52)/t34-,35-,36-,37+,38+/m0/s1. The first kappa shape index (κ1) is 41.0. The van der Waals surface area contributed by atoms with Crippen LogP contribution in [0.15, 0.2) is 91.0 Å². The first-order valence-electron chi connectivity index (χ1n) is 18.9. The number of ether oxygens (including phenoxy) is 1. The molecule has 5 atom stereocenters. The number of hydrogen-bond acceptors (Lipinski definition) is 7. The number of aliphatic hydroxyl groups excluding tert-OH is 1. The van der Waals surface area contributed by atoms with E-state index in [1.54, 1.807) is 13.8 Å². The molecule has 0 unspecified atom stereocenters. The molecule has 0 bridgehead atoms. The summed E-state index contributed by atoms with van der Waals surface area (Å²) in [4.78, 5) is 54.5. The highest BCUT2D eigenvalue weighted by molar-refractivity contribution is 5.90. The molecule has 0 heterocycles. The Morgan fingerprint density at radius 2 is 1.15 bits per heavy atom. The van der Waals surface area contributed by atoms with Gasteiger partial charge in [0, 0.05) is 12.6 Å². The van der Waals surface area contributed by atoms with Gasteiger partial charge in [0.2, 0.25) is 17.7 Å². The van der Waals surface area contributed by atoms with Crippen LogP contribution in [0.2, 0.25) is 0 Å². The molecular formula is C42H57N5O6. The third kappa shape index (κ3) is 13.3. The maximum Gasteiger partial charge on any atom is 0.408 e. The molecule has 0 saturated heterocycles. The normalized spacial score (nSPS) is 16.1. The van der Waals surface area contributed by atoms with Crippen molar-refractivity contribution in [2.45, 2.75) is 116 Å². The van der Waals surface area contributed by atoms with Gasteiger partial charge in [-0.1, -0.05) is 138 Å². The first-order chi connectivity index (χ1) is 25.5. The second kappa shape index (κ2) is 21.1. The molecule has 1 saturated carbocycles. The fourth-order valence-corrected chi connectivity index (χ4v) is 6.58. The van der Waals surface area contributed by atoms with Crippen LogP contribution < -0.4 is 26.6 Å². The quantitative estimate of drug-likeness (QED) is 0.110. The topological polar surface area (TPSA) is 158 Å². The molecule has 286 valence electrons. The second-order valence-corrected chi connectivity index (χ2v) is 14.6. The number of hydrogen-bond donors (Lipinski definition) is 6. The van der Waals surface area contributed by atoms with Gasteiger partial charge in [-0.2, -0.15) is 0 Å². The van der Waals surface area contributed by atoms with Crippen molar-refractivity contribution in [1.82, 2.24) is 26.6 Å². The lowest BCUT2D eigenvalue weighted by Gasteiger charge is -2.36. The molecule has 11 heteroatoms. The summed E-state index contributed by atoms with van der Waals surface area (Å²) >= 11 is 0. The van der Waals surface area contributed by atoms with E-state index in [-0.39, 0.29) is 36.8 Å². The summed E-state index contributed by atoms with van der Waals surface area (Å²) in [5.74, 6) is -1.96. The zero-order valence-electron chi connectivity index (χ0n) is 31.4. The molecule has 4 amide bonds. The Balaban J connectivity index is 1.55. The summed E-state index contributed by atoms with van der Waals surface area (Å²) in [6.45, 7) is 7.67. The summed E-state index contributed by atoms with van der Waals surface area (Å²) in [7, 11) is 0. The zero-order valence-corrected chi connectivity index (χ0v) is 31.4. The van der Waals surface area contributed by atoms with Crippen LogP contribution in [0.1, 0.15) is 76.5 Å². The van der Waals surface area contributed by atoms with Gasteiger partial charge in [-0.3, -0.25) is 14.4 Å². The van der Waals surface area contributed by atoms with Crippen LogP contribution in [0, 0.1) is 11.8 Å². The number of alkyl carbamates (subject to hydrolysis) is 1. The van der Waals surface area contributed by atoms with E-state index < -0.39 is 48.2 Å². The predicted molar refractivity (Wildman–Crippen MR) is 205 cm³/mol. The highest BCUT2D eigenvalue weighted by atomic mass is 16.5. The maximum absolute atomic E-state index is 14.3. The minimum absolute atomic E-state index is 0.0314. The van der Waals surface area contributed by atoms with Crippen LogP contribution in [-0.2, 0) is 38.7 Å². The van der Waals surface area contributed by atoms with Gasteiger partial charge in [-0.05, 0) is 47.8 Å². The molecule has 3 aromatic rings. The second-order valence-electron chi connectivity index (χ2n) is 14.6. The van der Waals surface area contributed by atoms with Crippen LogP contribution in [0.5, 0.6) is 0 Å². The lowest BCUT2D eigenvalue weighted by Crippen LogP contribution is -2.64. The number of rotatable bonds is 18. The van der Waals surface area contributed by atoms with Crippen molar-refractivity contribution >= 4 is 23.8 Å². The molecule has 4 rings (SSSR count). The van der Waals surface area contributed by atoms with E-state index in [9.17, 15) is 24.3 Å². The lowest BCUT2D eigenvalue weighted by molar-refractivity contribution is -0.134. The number of carbonyl (C=O) groups is 4. The molecule has 1 fully saturated rings. The third-order valence-corrected chi connectivity index (χ3v) is 9.67. The summed E-state index contributed by atoms with van der Waals surface area (Å²) in [5, 5.41) is 27.1. The average Bonchev–Trinajstić information content (AvgIpc) is 3.17. The number of aliphatic hydroxyl groups is 1. The minimum Gasteiger partial charge on any atom is -0.445 e. The molecule has 11 nitrogen and oxygen atoms in total. The van der Waals surface area contributed by atoms with Crippen molar-refractivity contribution in [2.24, 2.45) is 11.8 Å².